The Bertz CT molecular complexity index is 799. The third-order valence-electron chi connectivity index (χ3n) is 3.46. The molecule has 0 saturated carbocycles. The fourth-order valence-corrected chi connectivity index (χ4v) is 3.56. The lowest BCUT2D eigenvalue weighted by Gasteiger charge is -2.24. The molecule has 23 heavy (non-hydrogen) atoms. The van der Waals surface area contributed by atoms with Crippen LogP contribution in [0.5, 0.6) is 0 Å². The molecule has 0 fully saturated rings. The van der Waals surface area contributed by atoms with Crippen LogP contribution in [0.2, 0.25) is 0 Å². The van der Waals surface area contributed by atoms with Crippen LogP contribution >= 0.6 is 0 Å². The van der Waals surface area contributed by atoms with Crippen LogP contribution in [0.15, 0.2) is 53.4 Å². The highest BCUT2D eigenvalue weighted by Crippen LogP contribution is 2.24. The number of benzene rings is 2. The van der Waals surface area contributed by atoms with Crippen molar-refractivity contribution in [3.63, 3.8) is 0 Å². The van der Waals surface area contributed by atoms with Gasteiger partial charge in [0.1, 0.15) is 6.54 Å². The van der Waals surface area contributed by atoms with E-state index in [2.05, 4.69) is 5.32 Å². The summed E-state index contributed by atoms with van der Waals surface area (Å²) < 4.78 is 27.0. The molecular weight excluding hydrogens is 312 g/mol. The second-order valence-corrected chi connectivity index (χ2v) is 7.20. The average Bonchev–Trinajstić information content (AvgIpc) is 2.52. The third kappa shape index (κ3) is 3.90. The molecular formula is C17H20N2O3S. The average molecular weight is 332 g/mol. The first-order chi connectivity index (χ1) is 10.8. The molecule has 0 atom stereocenters. The Balaban J connectivity index is 2.51. The molecule has 0 heterocycles. The molecule has 0 aliphatic heterocycles. The third-order valence-corrected chi connectivity index (χ3v) is 5.25. The number of rotatable bonds is 5. The first-order valence-corrected chi connectivity index (χ1v) is 8.65. The summed E-state index contributed by atoms with van der Waals surface area (Å²) in [5.41, 5.74) is 2.36. The minimum absolute atomic E-state index is 0.161. The van der Waals surface area contributed by atoms with Crippen LogP contribution < -0.4 is 9.62 Å². The van der Waals surface area contributed by atoms with Crippen molar-refractivity contribution in [2.45, 2.75) is 18.7 Å². The van der Waals surface area contributed by atoms with Gasteiger partial charge in [-0.05, 0) is 43.7 Å². The van der Waals surface area contributed by atoms with Gasteiger partial charge in [-0.15, -0.1) is 0 Å². The van der Waals surface area contributed by atoms with Gasteiger partial charge >= 0.3 is 0 Å². The summed E-state index contributed by atoms with van der Waals surface area (Å²) in [6.07, 6.45) is 0. The molecule has 0 aromatic heterocycles. The lowest BCUT2D eigenvalue weighted by Crippen LogP contribution is -2.39. The number of amides is 1. The number of anilines is 1. The van der Waals surface area contributed by atoms with E-state index in [-0.39, 0.29) is 17.3 Å². The Hall–Kier alpha value is -2.34. The highest BCUT2D eigenvalue weighted by atomic mass is 32.2. The highest BCUT2D eigenvalue weighted by molar-refractivity contribution is 7.92. The summed E-state index contributed by atoms with van der Waals surface area (Å²) in [6.45, 7) is 3.50. The van der Waals surface area contributed by atoms with Crippen LogP contribution in [0, 0.1) is 13.8 Å². The zero-order chi connectivity index (χ0) is 17.0. The Labute approximate surface area is 137 Å². The maximum absolute atomic E-state index is 13.0. The van der Waals surface area contributed by atoms with Gasteiger partial charge in [0.15, 0.2) is 0 Å². The number of likely N-dealkylation sites (N-methyl/N-ethyl adjacent to an activating group) is 1. The quantitative estimate of drug-likeness (QED) is 0.913. The molecule has 6 heteroatoms. The molecule has 0 radical (unpaired) electrons. The Morgan fingerprint density at radius 1 is 1.04 bits per heavy atom. The smallest absolute Gasteiger partial charge is 0.264 e. The molecule has 0 bridgehead atoms. The Morgan fingerprint density at radius 3 is 2.26 bits per heavy atom. The number of nitrogens with zero attached hydrogens (tertiary/aromatic N) is 1. The lowest BCUT2D eigenvalue weighted by molar-refractivity contribution is -0.119. The van der Waals surface area contributed by atoms with Crippen molar-refractivity contribution in [2.75, 3.05) is 17.9 Å². The zero-order valence-corrected chi connectivity index (χ0v) is 14.2. The fourth-order valence-electron chi connectivity index (χ4n) is 2.15. The molecule has 0 saturated heterocycles. The maximum atomic E-state index is 13.0. The SMILES string of the molecule is CNC(=O)CN(c1cccc(C)c1)S(=O)(=O)c1ccc(C)cc1. The van der Waals surface area contributed by atoms with Crippen molar-refractivity contribution in [2.24, 2.45) is 0 Å². The van der Waals surface area contributed by atoms with Crippen molar-refractivity contribution >= 4 is 21.6 Å². The standard InChI is InChI=1S/C17H20N2O3S/c1-13-7-9-16(10-8-13)23(21,22)19(12-17(20)18-3)15-6-4-5-14(2)11-15/h4-11H,12H2,1-3H3,(H,18,20). The van der Waals surface area contributed by atoms with Gasteiger partial charge in [-0.3, -0.25) is 9.10 Å². The van der Waals surface area contributed by atoms with E-state index in [0.717, 1.165) is 15.4 Å². The van der Waals surface area contributed by atoms with Crippen molar-refractivity contribution in [1.82, 2.24) is 5.32 Å². The first-order valence-electron chi connectivity index (χ1n) is 7.21. The van der Waals surface area contributed by atoms with E-state index in [4.69, 9.17) is 0 Å². The van der Waals surface area contributed by atoms with Crippen LogP contribution in [0.25, 0.3) is 0 Å². The van der Waals surface area contributed by atoms with Crippen molar-refractivity contribution < 1.29 is 13.2 Å². The minimum atomic E-state index is -3.82. The topological polar surface area (TPSA) is 66.5 Å². The number of hydrogen-bond acceptors (Lipinski definition) is 3. The van der Waals surface area contributed by atoms with E-state index < -0.39 is 10.0 Å². The van der Waals surface area contributed by atoms with E-state index >= 15 is 0 Å². The van der Waals surface area contributed by atoms with Crippen LogP contribution in [0.3, 0.4) is 0 Å². The summed E-state index contributed by atoms with van der Waals surface area (Å²) in [5.74, 6) is -0.373. The maximum Gasteiger partial charge on any atom is 0.264 e. The molecule has 0 aliphatic carbocycles. The Kier molecular flexibility index (Phi) is 5.05. The summed E-state index contributed by atoms with van der Waals surface area (Å²) in [4.78, 5) is 12.0. The number of carbonyl (C=O) groups excluding carboxylic acids is 1. The Morgan fingerprint density at radius 2 is 1.70 bits per heavy atom. The summed E-state index contributed by atoms with van der Waals surface area (Å²) in [5, 5.41) is 2.47. The second kappa shape index (κ2) is 6.83. The largest absolute Gasteiger partial charge is 0.358 e. The van der Waals surface area contributed by atoms with Crippen LogP contribution in [0.4, 0.5) is 5.69 Å². The van der Waals surface area contributed by atoms with Crippen molar-refractivity contribution in [3.05, 3.63) is 59.7 Å². The van der Waals surface area contributed by atoms with Crippen LogP contribution in [-0.2, 0) is 14.8 Å². The monoisotopic (exact) mass is 332 g/mol. The van der Waals surface area contributed by atoms with Gasteiger partial charge in [0.05, 0.1) is 10.6 Å². The molecule has 2 rings (SSSR count). The molecule has 0 unspecified atom stereocenters. The summed E-state index contributed by atoms with van der Waals surface area (Å²) >= 11 is 0. The van der Waals surface area contributed by atoms with E-state index in [1.807, 2.05) is 19.9 Å². The van der Waals surface area contributed by atoms with E-state index in [0.29, 0.717) is 5.69 Å². The molecule has 5 nitrogen and oxygen atoms in total. The highest BCUT2D eigenvalue weighted by Gasteiger charge is 2.26. The van der Waals surface area contributed by atoms with Crippen LogP contribution in [0.1, 0.15) is 11.1 Å². The molecule has 122 valence electrons. The zero-order valence-electron chi connectivity index (χ0n) is 13.4. The number of nitrogens with one attached hydrogen (secondary N) is 1. The van der Waals surface area contributed by atoms with E-state index in [1.54, 1.807) is 42.5 Å². The predicted octanol–water partition coefficient (Wildman–Crippen LogP) is 2.24. The number of hydrogen-bond donors (Lipinski definition) is 1. The second-order valence-electron chi connectivity index (χ2n) is 5.34. The molecule has 1 amide bonds. The van der Waals surface area contributed by atoms with Gasteiger partial charge in [0.25, 0.3) is 10.0 Å². The van der Waals surface area contributed by atoms with Gasteiger partial charge in [-0.2, -0.15) is 0 Å². The van der Waals surface area contributed by atoms with E-state index in [1.165, 1.54) is 7.05 Å². The molecule has 0 spiro atoms. The number of aryl methyl sites for hydroxylation is 2. The van der Waals surface area contributed by atoms with Crippen LogP contribution in [-0.4, -0.2) is 27.9 Å². The predicted molar refractivity (Wildman–Crippen MR) is 91.0 cm³/mol. The summed E-state index contributed by atoms with van der Waals surface area (Å²) in [6, 6.07) is 13.7. The molecule has 1 N–H and O–H groups in total. The fraction of sp³-hybridized carbons (Fsp3) is 0.235. The minimum Gasteiger partial charge on any atom is -0.358 e. The van der Waals surface area contributed by atoms with E-state index in [9.17, 15) is 13.2 Å². The van der Waals surface area contributed by atoms with Gasteiger partial charge in [0, 0.05) is 7.05 Å². The van der Waals surface area contributed by atoms with Crippen molar-refractivity contribution in [1.29, 1.82) is 0 Å². The summed E-state index contributed by atoms with van der Waals surface area (Å²) in [7, 11) is -2.34. The molecule has 2 aromatic carbocycles. The van der Waals surface area contributed by atoms with Gasteiger partial charge < -0.3 is 5.32 Å². The molecule has 0 aliphatic rings. The van der Waals surface area contributed by atoms with Crippen molar-refractivity contribution in [3.8, 4) is 0 Å². The van der Waals surface area contributed by atoms with Gasteiger partial charge in [0.2, 0.25) is 5.91 Å². The first kappa shape index (κ1) is 17.0. The number of carbonyl (C=O) groups is 1. The lowest BCUT2D eigenvalue weighted by atomic mass is 10.2. The molecule has 2 aromatic rings. The normalized spacial score (nSPS) is 11.1. The van der Waals surface area contributed by atoms with Gasteiger partial charge in [-0.1, -0.05) is 29.8 Å². The number of sulfonamides is 1. The van der Waals surface area contributed by atoms with Gasteiger partial charge in [-0.25, -0.2) is 8.42 Å².